The molecule has 82 valence electrons. The maximum Gasteiger partial charge on any atom is 0.115 e. The van der Waals surface area contributed by atoms with Gasteiger partial charge in [-0.25, -0.2) is 0 Å². The van der Waals surface area contributed by atoms with Crippen molar-refractivity contribution in [3.8, 4) is 5.75 Å². The Morgan fingerprint density at radius 1 is 1.20 bits per heavy atom. The van der Waals surface area contributed by atoms with E-state index in [-0.39, 0.29) is 5.54 Å². The third-order valence-electron chi connectivity index (χ3n) is 3.61. The number of benzene rings is 1. The van der Waals surface area contributed by atoms with Crippen molar-refractivity contribution in [1.82, 2.24) is 0 Å². The van der Waals surface area contributed by atoms with Crippen LogP contribution in [0.25, 0.3) is 0 Å². The molecule has 1 saturated carbocycles. The summed E-state index contributed by atoms with van der Waals surface area (Å²) in [4.78, 5) is 0. The summed E-state index contributed by atoms with van der Waals surface area (Å²) >= 11 is 0. The molecule has 2 nitrogen and oxygen atoms in total. The Morgan fingerprint density at radius 2 is 1.73 bits per heavy atom. The zero-order valence-electron chi connectivity index (χ0n) is 9.24. The predicted molar refractivity (Wildman–Crippen MR) is 61.6 cm³/mol. The van der Waals surface area contributed by atoms with Gasteiger partial charge in [-0.2, -0.15) is 0 Å². The highest BCUT2D eigenvalue weighted by molar-refractivity contribution is 5.31. The van der Waals surface area contributed by atoms with Gasteiger partial charge in [-0.3, -0.25) is 0 Å². The molecule has 0 atom stereocenters. The number of hydrogen-bond acceptors (Lipinski definition) is 2. The second-order valence-electron chi connectivity index (χ2n) is 4.89. The standard InChI is InChI=1S/C13H19NO/c1-10-6-8-13(14,9-7-10)11-2-4-12(15)5-3-11/h2-5,10,15H,6-9,14H2,1H3. The van der Waals surface area contributed by atoms with Gasteiger partial charge >= 0.3 is 0 Å². The van der Waals surface area contributed by atoms with E-state index in [2.05, 4.69) is 6.92 Å². The van der Waals surface area contributed by atoms with Gasteiger partial charge in [0, 0.05) is 5.54 Å². The maximum absolute atomic E-state index is 9.24. The van der Waals surface area contributed by atoms with Crippen molar-refractivity contribution in [3.63, 3.8) is 0 Å². The summed E-state index contributed by atoms with van der Waals surface area (Å²) in [6.45, 7) is 2.29. The van der Waals surface area contributed by atoms with E-state index in [0.717, 1.165) is 24.3 Å². The highest BCUT2D eigenvalue weighted by atomic mass is 16.3. The lowest BCUT2D eigenvalue weighted by Crippen LogP contribution is -2.40. The van der Waals surface area contributed by atoms with Crippen molar-refractivity contribution in [2.24, 2.45) is 11.7 Å². The summed E-state index contributed by atoms with van der Waals surface area (Å²) in [7, 11) is 0. The van der Waals surface area contributed by atoms with Crippen molar-refractivity contribution in [2.75, 3.05) is 0 Å². The minimum atomic E-state index is -0.166. The predicted octanol–water partition coefficient (Wildman–Crippen LogP) is 2.76. The Labute approximate surface area is 91.1 Å². The lowest BCUT2D eigenvalue weighted by atomic mass is 9.74. The van der Waals surface area contributed by atoms with Crippen LogP contribution in [0.1, 0.15) is 38.2 Å². The lowest BCUT2D eigenvalue weighted by Gasteiger charge is -2.36. The molecule has 0 unspecified atom stereocenters. The third kappa shape index (κ3) is 2.15. The summed E-state index contributed by atoms with van der Waals surface area (Å²) < 4.78 is 0. The molecule has 0 amide bonds. The van der Waals surface area contributed by atoms with E-state index >= 15 is 0 Å². The second-order valence-corrected chi connectivity index (χ2v) is 4.89. The topological polar surface area (TPSA) is 46.2 Å². The van der Waals surface area contributed by atoms with Gasteiger partial charge < -0.3 is 10.8 Å². The summed E-state index contributed by atoms with van der Waals surface area (Å²) in [5, 5.41) is 9.24. The van der Waals surface area contributed by atoms with Crippen molar-refractivity contribution >= 4 is 0 Å². The van der Waals surface area contributed by atoms with Crippen LogP contribution in [-0.2, 0) is 5.54 Å². The molecule has 1 aromatic rings. The van der Waals surface area contributed by atoms with Crippen molar-refractivity contribution in [2.45, 2.75) is 38.1 Å². The second kappa shape index (κ2) is 3.86. The number of hydrogen-bond donors (Lipinski definition) is 2. The van der Waals surface area contributed by atoms with Crippen LogP contribution in [0.15, 0.2) is 24.3 Å². The summed E-state index contributed by atoms with van der Waals surface area (Å²) in [5.41, 5.74) is 7.40. The zero-order chi connectivity index (χ0) is 10.9. The van der Waals surface area contributed by atoms with Crippen LogP contribution < -0.4 is 5.73 Å². The molecule has 0 saturated heterocycles. The number of phenols is 1. The van der Waals surface area contributed by atoms with Crippen LogP contribution in [0.3, 0.4) is 0 Å². The van der Waals surface area contributed by atoms with Gasteiger partial charge in [0.15, 0.2) is 0 Å². The highest BCUT2D eigenvalue weighted by Gasteiger charge is 2.31. The van der Waals surface area contributed by atoms with E-state index in [4.69, 9.17) is 5.73 Å². The van der Waals surface area contributed by atoms with E-state index in [1.54, 1.807) is 12.1 Å². The number of aromatic hydroxyl groups is 1. The minimum absolute atomic E-state index is 0.166. The molecule has 0 aromatic heterocycles. The van der Waals surface area contributed by atoms with Gasteiger partial charge in [0.2, 0.25) is 0 Å². The zero-order valence-corrected chi connectivity index (χ0v) is 9.24. The molecule has 3 N–H and O–H groups in total. The first-order valence-corrected chi connectivity index (χ1v) is 5.68. The van der Waals surface area contributed by atoms with E-state index in [0.29, 0.717) is 5.75 Å². The molecule has 15 heavy (non-hydrogen) atoms. The first-order chi connectivity index (χ1) is 7.10. The first kappa shape index (κ1) is 10.5. The van der Waals surface area contributed by atoms with E-state index in [9.17, 15) is 5.11 Å². The molecule has 0 aliphatic heterocycles. The molecule has 1 aromatic carbocycles. The molecule has 0 heterocycles. The summed E-state index contributed by atoms with van der Waals surface area (Å²) in [6.07, 6.45) is 4.52. The minimum Gasteiger partial charge on any atom is -0.508 e. The third-order valence-corrected chi connectivity index (χ3v) is 3.61. The van der Waals surface area contributed by atoms with Crippen LogP contribution in [-0.4, -0.2) is 5.11 Å². The van der Waals surface area contributed by atoms with Crippen LogP contribution in [0.2, 0.25) is 0 Å². The molecule has 0 radical (unpaired) electrons. The van der Waals surface area contributed by atoms with Crippen LogP contribution in [0, 0.1) is 5.92 Å². The highest BCUT2D eigenvalue weighted by Crippen LogP contribution is 2.37. The van der Waals surface area contributed by atoms with Gasteiger partial charge in [-0.15, -0.1) is 0 Å². The first-order valence-electron chi connectivity index (χ1n) is 5.68. The monoisotopic (exact) mass is 205 g/mol. The molecule has 1 fully saturated rings. The average molecular weight is 205 g/mol. The fourth-order valence-electron chi connectivity index (χ4n) is 2.36. The normalized spacial score (nSPS) is 31.5. The molecular formula is C13H19NO. The Balaban J connectivity index is 2.18. The molecule has 0 bridgehead atoms. The molecule has 0 spiro atoms. The Bertz CT molecular complexity index is 323. The summed E-state index contributed by atoms with van der Waals surface area (Å²) in [5.74, 6) is 1.12. The van der Waals surface area contributed by atoms with Gasteiger partial charge in [-0.05, 0) is 49.3 Å². The number of phenolic OH excluding ortho intramolecular Hbond substituents is 1. The van der Waals surface area contributed by atoms with E-state index < -0.39 is 0 Å². The number of rotatable bonds is 1. The van der Waals surface area contributed by atoms with Crippen molar-refractivity contribution in [3.05, 3.63) is 29.8 Å². The molecule has 2 heteroatoms. The van der Waals surface area contributed by atoms with Gasteiger partial charge in [0.25, 0.3) is 0 Å². The van der Waals surface area contributed by atoms with Crippen LogP contribution in [0.5, 0.6) is 5.75 Å². The molecule has 2 rings (SSSR count). The van der Waals surface area contributed by atoms with Crippen molar-refractivity contribution in [1.29, 1.82) is 0 Å². The fraction of sp³-hybridized carbons (Fsp3) is 0.538. The average Bonchev–Trinajstić information content (AvgIpc) is 2.24. The molecule has 1 aliphatic carbocycles. The smallest absolute Gasteiger partial charge is 0.115 e. The number of nitrogens with two attached hydrogens (primary N) is 1. The van der Waals surface area contributed by atoms with Gasteiger partial charge in [-0.1, -0.05) is 19.1 Å². The largest absolute Gasteiger partial charge is 0.508 e. The fourth-order valence-corrected chi connectivity index (χ4v) is 2.36. The molecular weight excluding hydrogens is 186 g/mol. The lowest BCUT2D eigenvalue weighted by molar-refractivity contribution is 0.248. The van der Waals surface area contributed by atoms with E-state index in [1.165, 1.54) is 12.8 Å². The van der Waals surface area contributed by atoms with Crippen molar-refractivity contribution < 1.29 is 5.11 Å². The van der Waals surface area contributed by atoms with Crippen LogP contribution in [0.4, 0.5) is 0 Å². The summed E-state index contributed by atoms with van der Waals surface area (Å²) in [6, 6.07) is 7.35. The Morgan fingerprint density at radius 3 is 2.27 bits per heavy atom. The Hall–Kier alpha value is -1.02. The van der Waals surface area contributed by atoms with Gasteiger partial charge in [0.1, 0.15) is 5.75 Å². The van der Waals surface area contributed by atoms with E-state index in [1.807, 2.05) is 12.1 Å². The Kier molecular flexibility index (Phi) is 2.70. The van der Waals surface area contributed by atoms with Gasteiger partial charge in [0.05, 0.1) is 0 Å². The quantitative estimate of drug-likeness (QED) is 0.740. The maximum atomic E-state index is 9.24. The van der Waals surface area contributed by atoms with Crippen LogP contribution >= 0.6 is 0 Å². The molecule has 1 aliphatic rings. The SMILES string of the molecule is CC1CCC(N)(c2ccc(O)cc2)CC1.